The number of carbonyl (C=O) groups excluding carboxylic acids is 2. The average Bonchev–Trinajstić information content (AvgIpc) is 3.64. The number of benzene rings is 1. The normalized spacial score (nSPS) is 12.8. The van der Waals surface area contributed by atoms with Crippen LogP contribution in [0.25, 0.3) is 26.2 Å². The number of pyridine rings is 2. The lowest BCUT2D eigenvalue weighted by Crippen LogP contribution is -2.24. The maximum Gasteiger partial charge on any atom is 0.271 e. The second-order valence-corrected chi connectivity index (χ2v) is 12.3. The van der Waals surface area contributed by atoms with Gasteiger partial charge in [-0.3, -0.25) is 14.4 Å². The largest absolute Gasteiger partial charge is 0.494 e. The quantitative estimate of drug-likeness (QED) is 0.226. The summed E-state index contributed by atoms with van der Waals surface area (Å²) >= 11 is 1.38. The van der Waals surface area contributed by atoms with Gasteiger partial charge in [0.15, 0.2) is 17.2 Å². The van der Waals surface area contributed by atoms with E-state index < -0.39 is 0 Å². The number of nitrogens with zero attached hydrogens (tertiary/aromatic N) is 6. The molecule has 0 unspecified atom stereocenters. The van der Waals surface area contributed by atoms with Crippen LogP contribution in [-0.2, 0) is 11.3 Å². The Morgan fingerprint density at radius 3 is 2.67 bits per heavy atom. The molecule has 2 amide bonds. The maximum absolute atomic E-state index is 13.6. The van der Waals surface area contributed by atoms with Crippen molar-refractivity contribution in [2.24, 2.45) is 5.92 Å². The van der Waals surface area contributed by atoms with E-state index in [1.807, 2.05) is 30.3 Å². The summed E-state index contributed by atoms with van der Waals surface area (Å²) in [6, 6.07) is 16.6. The zero-order valence-electron chi connectivity index (χ0n) is 25.4. The van der Waals surface area contributed by atoms with Gasteiger partial charge in [0.25, 0.3) is 11.5 Å². The van der Waals surface area contributed by atoms with E-state index in [0.717, 1.165) is 28.7 Å². The molecule has 1 fully saturated rings. The summed E-state index contributed by atoms with van der Waals surface area (Å²) in [6.07, 6.45) is 6.90. The van der Waals surface area contributed by atoms with Crippen molar-refractivity contribution < 1.29 is 14.3 Å². The third-order valence-electron chi connectivity index (χ3n) is 7.73. The average molecular weight is 635 g/mol. The van der Waals surface area contributed by atoms with Crippen LogP contribution in [0.3, 0.4) is 0 Å². The van der Waals surface area contributed by atoms with Crippen molar-refractivity contribution in [2.45, 2.75) is 19.4 Å². The van der Waals surface area contributed by atoms with E-state index in [9.17, 15) is 14.4 Å². The van der Waals surface area contributed by atoms with Gasteiger partial charge in [0, 0.05) is 60.5 Å². The number of aromatic nitrogens is 5. The first-order valence-corrected chi connectivity index (χ1v) is 15.5. The number of rotatable bonds is 9. The smallest absolute Gasteiger partial charge is 0.271 e. The van der Waals surface area contributed by atoms with Gasteiger partial charge >= 0.3 is 0 Å². The Kier molecular flexibility index (Phi) is 7.45. The van der Waals surface area contributed by atoms with Crippen LogP contribution in [0.4, 0.5) is 17.2 Å². The van der Waals surface area contributed by atoms with Crippen LogP contribution < -0.4 is 20.9 Å². The van der Waals surface area contributed by atoms with E-state index >= 15 is 0 Å². The highest BCUT2D eigenvalue weighted by molar-refractivity contribution is 7.22. The predicted octanol–water partition coefficient (Wildman–Crippen LogP) is 5.02. The molecule has 1 aromatic carbocycles. The lowest BCUT2D eigenvalue weighted by atomic mass is 10.1. The molecule has 1 aliphatic carbocycles. The van der Waals surface area contributed by atoms with Crippen molar-refractivity contribution in [3.63, 3.8) is 0 Å². The van der Waals surface area contributed by atoms with E-state index in [1.54, 1.807) is 73.1 Å². The molecule has 46 heavy (non-hydrogen) atoms. The maximum atomic E-state index is 13.6. The molecule has 0 saturated heterocycles. The topological polar surface area (TPSA) is 136 Å². The van der Waals surface area contributed by atoms with Crippen LogP contribution in [0.1, 0.15) is 29.0 Å². The number of carbonyl (C=O) groups is 2. The molecule has 5 heterocycles. The predicted molar refractivity (Wildman–Crippen MR) is 177 cm³/mol. The molecular formula is C33H30N8O4S. The standard InChI is InChI=1S/C33H30N8O4S/c1-39(2)32(43)24-9-4-6-21(35-24)18-40-14-12-20-16-26(46-29(20)33(40)44)22-7-5-8-23(28(22)45-3)36-25-17-27(37-31(42)19-10-11-19)38-41-15-13-34-30(25)41/h4-9,12-17,19,36H,10-11,18H2,1-3H3,(H,37,38,42). The fourth-order valence-corrected chi connectivity index (χ4v) is 6.38. The number of methoxy groups -OCH3 is 1. The van der Waals surface area contributed by atoms with Crippen LogP contribution in [0.15, 0.2) is 78.0 Å². The van der Waals surface area contributed by atoms with Crippen molar-refractivity contribution in [3.05, 3.63) is 94.9 Å². The van der Waals surface area contributed by atoms with Crippen LogP contribution >= 0.6 is 11.3 Å². The second kappa shape index (κ2) is 11.7. The van der Waals surface area contributed by atoms with Gasteiger partial charge in [-0.15, -0.1) is 16.4 Å². The van der Waals surface area contributed by atoms with E-state index in [-0.39, 0.29) is 29.8 Å². The minimum Gasteiger partial charge on any atom is -0.494 e. The van der Waals surface area contributed by atoms with E-state index in [0.29, 0.717) is 44.7 Å². The molecule has 232 valence electrons. The van der Waals surface area contributed by atoms with Gasteiger partial charge in [-0.2, -0.15) is 0 Å². The zero-order chi connectivity index (χ0) is 31.9. The molecular weight excluding hydrogens is 604 g/mol. The van der Waals surface area contributed by atoms with Crippen molar-refractivity contribution in [1.82, 2.24) is 29.0 Å². The van der Waals surface area contributed by atoms with E-state index in [4.69, 9.17) is 4.74 Å². The molecule has 5 aromatic heterocycles. The van der Waals surface area contributed by atoms with Gasteiger partial charge in [-0.05, 0) is 49.2 Å². The van der Waals surface area contributed by atoms with Crippen LogP contribution in [0.5, 0.6) is 5.75 Å². The lowest BCUT2D eigenvalue weighted by Gasteiger charge is -2.15. The van der Waals surface area contributed by atoms with Gasteiger partial charge in [-0.25, -0.2) is 14.5 Å². The molecule has 0 radical (unpaired) electrons. The summed E-state index contributed by atoms with van der Waals surface area (Å²) in [6.45, 7) is 0.233. The number of hydrogen-bond donors (Lipinski definition) is 2. The Hall–Kier alpha value is -5.56. The van der Waals surface area contributed by atoms with Gasteiger partial charge in [0.2, 0.25) is 5.91 Å². The highest BCUT2D eigenvalue weighted by atomic mass is 32.1. The molecule has 0 aliphatic heterocycles. The minimum absolute atomic E-state index is 0.0365. The van der Waals surface area contributed by atoms with Crippen LogP contribution in [-0.4, -0.2) is 62.1 Å². The fourth-order valence-electron chi connectivity index (χ4n) is 5.25. The Balaban J connectivity index is 1.20. The number of fused-ring (bicyclic) bond motifs is 2. The summed E-state index contributed by atoms with van der Waals surface area (Å²) in [5.74, 6) is 0.821. The third kappa shape index (κ3) is 5.56. The van der Waals surface area contributed by atoms with E-state index in [2.05, 4.69) is 25.7 Å². The molecule has 0 spiro atoms. The van der Waals surface area contributed by atoms with Crippen molar-refractivity contribution in [3.8, 4) is 16.2 Å². The highest BCUT2D eigenvalue weighted by Gasteiger charge is 2.30. The second-order valence-electron chi connectivity index (χ2n) is 11.3. The first-order chi connectivity index (χ1) is 22.3. The Labute approximate surface area is 267 Å². The van der Waals surface area contributed by atoms with E-state index in [1.165, 1.54) is 16.2 Å². The van der Waals surface area contributed by atoms with Crippen LogP contribution in [0, 0.1) is 5.92 Å². The van der Waals surface area contributed by atoms with Gasteiger partial charge < -0.3 is 24.8 Å². The summed E-state index contributed by atoms with van der Waals surface area (Å²) in [5.41, 5.74) is 3.53. The Morgan fingerprint density at radius 2 is 1.89 bits per heavy atom. The Bertz CT molecular complexity index is 2200. The van der Waals surface area contributed by atoms with Crippen molar-refractivity contribution in [2.75, 3.05) is 31.8 Å². The Morgan fingerprint density at radius 1 is 1.07 bits per heavy atom. The number of imidazole rings is 1. The first kappa shape index (κ1) is 29.2. The molecule has 0 bridgehead atoms. The van der Waals surface area contributed by atoms with Gasteiger partial charge in [0.05, 0.1) is 30.7 Å². The molecule has 12 nitrogen and oxygen atoms in total. The number of ether oxygens (including phenoxy) is 1. The number of anilines is 3. The van der Waals surface area contributed by atoms with Gasteiger partial charge in [-0.1, -0.05) is 12.1 Å². The number of amides is 2. The number of para-hydroxylation sites is 1. The lowest BCUT2D eigenvalue weighted by molar-refractivity contribution is -0.117. The monoisotopic (exact) mass is 634 g/mol. The van der Waals surface area contributed by atoms with Gasteiger partial charge in [0.1, 0.15) is 10.4 Å². The molecule has 2 N–H and O–H groups in total. The summed E-state index contributed by atoms with van der Waals surface area (Å²) in [4.78, 5) is 49.7. The molecule has 0 atom stereocenters. The molecule has 13 heteroatoms. The molecule has 1 saturated carbocycles. The fraction of sp³-hybridized carbons (Fsp3) is 0.212. The highest BCUT2D eigenvalue weighted by Crippen LogP contribution is 2.42. The molecule has 7 rings (SSSR count). The zero-order valence-corrected chi connectivity index (χ0v) is 26.2. The third-order valence-corrected chi connectivity index (χ3v) is 8.90. The van der Waals surface area contributed by atoms with Crippen molar-refractivity contribution >= 4 is 56.1 Å². The van der Waals surface area contributed by atoms with Crippen LogP contribution in [0.2, 0.25) is 0 Å². The summed E-state index contributed by atoms with van der Waals surface area (Å²) in [5, 5.41) is 11.6. The SMILES string of the molecule is COc1c(Nc2cc(NC(=O)C3CC3)nn3ccnc23)cccc1-c1cc2ccn(Cc3cccc(C(=O)N(C)C)n3)c(=O)c2s1. The minimum atomic E-state index is -0.197. The molecule has 6 aromatic rings. The number of thiophene rings is 1. The number of hydrogen-bond acceptors (Lipinski definition) is 9. The summed E-state index contributed by atoms with van der Waals surface area (Å²) < 4.78 is 9.73. The summed E-state index contributed by atoms with van der Waals surface area (Å²) in [7, 11) is 4.95. The first-order valence-electron chi connectivity index (χ1n) is 14.7. The molecule has 1 aliphatic rings. The number of nitrogens with one attached hydrogen (secondary N) is 2. The van der Waals surface area contributed by atoms with Crippen molar-refractivity contribution in [1.29, 1.82) is 0 Å².